The third kappa shape index (κ3) is 3.93. The summed E-state index contributed by atoms with van der Waals surface area (Å²) in [6.07, 6.45) is 2.60. The number of ether oxygens (including phenoxy) is 3. The van der Waals surface area contributed by atoms with E-state index >= 15 is 0 Å². The molecule has 6 bridgehead atoms. The Balaban J connectivity index is 0.00000308. The SMILES string of the molecule is CC(C)(C)N1C(=O)C2C3OC(C(OC(=O)C45CC6CC(CC(C6)C4)C5)C31)C2C(=O)O[CH-]C(F)(F)S(=O)(=O)[O-].[Rf]. The molecular formula is C25H31F2NO9RfS-2. The van der Waals surface area contributed by atoms with Gasteiger partial charge in [0.2, 0.25) is 5.91 Å². The van der Waals surface area contributed by atoms with Gasteiger partial charge in [-0.1, -0.05) is 6.61 Å². The largest absolute Gasteiger partial charge is 0.746 e. The Labute approximate surface area is 219 Å². The van der Waals surface area contributed by atoms with Gasteiger partial charge in [0.1, 0.15) is 16.2 Å². The summed E-state index contributed by atoms with van der Waals surface area (Å²) in [6, 6.07) is -0.660. The molecule has 214 valence electrons. The van der Waals surface area contributed by atoms with Crippen molar-refractivity contribution >= 4 is 28.0 Å². The number of fused-ring (bicyclic) bond motifs is 1. The quantitative estimate of drug-likeness (QED) is 0.224. The smallest absolute Gasteiger partial charge is 0.312 e. The number of hydrogen-bond acceptors (Lipinski definition) is 9. The molecule has 3 heterocycles. The van der Waals surface area contributed by atoms with Crippen LogP contribution in [0.15, 0.2) is 0 Å². The second-order valence-electron chi connectivity index (χ2n) is 13.1. The summed E-state index contributed by atoms with van der Waals surface area (Å²) in [7, 11) is -6.12. The molecule has 10 nitrogen and oxygen atoms in total. The van der Waals surface area contributed by atoms with Gasteiger partial charge in [-0.3, -0.25) is 14.4 Å². The van der Waals surface area contributed by atoms with Crippen LogP contribution in [0.3, 0.4) is 0 Å². The fourth-order valence-corrected chi connectivity index (χ4v) is 8.85. The Kier molecular flexibility index (Phi) is 5.91. The van der Waals surface area contributed by atoms with Crippen molar-refractivity contribution in [1.29, 1.82) is 0 Å². The first-order valence-electron chi connectivity index (χ1n) is 13.1. The molecule has 0 spiro atoms. The van der Waals surface area contributed by atoms with Gasteiger partial charge in [0.25, 0.3) is 11.2 Å². The first kappa shape index (κ1) is 27.7. The van der Waals surface area contributed by atoms with Crippen LogP contribution in [0.4, 0.5) is 8.78 Å². The average molecular weight is 827 g/mol. The molecule has 0 aromatic rings. The number of halogens is 2. The van der Waals surface area contributed by atoms with E-state index < -0.39 is 81.0 Å². The van der Waals surface area contributed by atoms with Gasteiger partial charge in [-0.15, -0.1) is 0 Å². The third-order valence-electron chi connectivity index (χ3n) is 9.58. The minimum Gasteiger partial charge on any atom is -0.746 e. The first-order valence-corrected chi connectivity index (χ1v) is 14.5. The maximum absolute atomic E-state index is 13.8. The van der Waals surface area contributed by atoms with E-state index in [9.17, 15) is 36.1 Å². The molecule has 0 radical (unpaired) electrons. The first-order chi connectivity index (χ1) is 17.5. The molecule has 3 aliphatic heterocycles. The number of esters is 2. The van der Waals surface area contributed by atoms with Gasteiger partial charge < -0.3 is 23.7 Å². The summed E-state index contributed by atoms with van der Waals surface area (Å²) >= 11 is 0. The summed E-state index contributed by atoms with van der Waals surface area (Å²) in [5.41, 5.74) is -1.34. The number of rotatable bonds is 6. The van der Waals surface area contributed by atoms with Crippen molar-refractivity contribution in [1.82, 2.24) is 4.90 Å². The van der Waals surface area contributed by atoms with E-state index in [1.807, 2.05) is 0 Å². The number of amides is 1. The van der Waals surface area contributed by atoms with Crippen molar-refractivity contribution < 1.29 is 50.3 Å². The summed E-state index contributed by atoms with van der Waals surface area (Å²) in [6.45, 7) is 4.75. The Morgan fingerprint density at radius 3 is 2.10 bits per heavy atom. The molecule has 4 saturated carbocycles. The maximum atomic E-state index is 13.8. The van der Waals surface area contributed by atoms with Crippen LogP contribution < -0.4 is 0 Å². The number of likely N-dealkylation sites (tertiary alicyclic amines) is 1. The molecule has 7 aliphatic rings. The minimum atomic E-state index is -6.12. The number of carbonyl (C=O) groups is 3. The number of alkyl halides is 2. The monoisotopic (exact) mass is 826 g/mol. The standard InChI is InChI=1S/C25H32F2NO9S.Rf/c1-23(2,3)28-16-17-14(20(28)29)15(21(30)35-10-25(26,27)38(32,33)34)18(36-17)19(16)37-22(31)24-7-11-4-12(8-24)6-13(5-11)9-24;/h10-19H,4-9H2,1-3H3,(H,32,33,34);/q-1;/p-1. The van der Waals surface area contributed by atoms with Crippen LogP contribution in [-0.4, -0.2) is 70.9 Å². The number of carbonyl (C=O) groups excluding carboxylic acids is 3. The molecule has 3 saturated heterocycles. The Hall–Kier alpha value is -2.86. The maximum Gasteiger partial charge on any atom is 0.312 e. The summed E-state index contributed by atoms with van der Waals surface area (Å²) in [4.78, 5) is 41.8. The molecule has 7 rings (SSSR count). The molecular weight excluding hydrogens is 795 g/mol. The van der Waals surface area contributed by atoms with Crippen LogP contribution in [0.25, 0.3) is 0 Å². The van der Waals surface area contributed by atoms with Crippen LogP contribution >= 0.6 is 0 Å². The van der Waals surface area contributed by atoms with Crippen LogP contribution in [0.5, 0.6) is 0 Å². The molecule has 0 aromatic heterocycles. The van der Waals surface area contributed by atoms with E-state index in [1.54, 1.807) is 20.8 Å². The average Bonchev–Trinajstić information content (AvgIpc) is 3.38. The molecule has 6 unspecified atom stereocenters. The van der Waals surface area contributed by atoms with E-state index in [0.717, 1.165) is 38.5 Å². The van der Waals surface area contributed by atoms with E-state index in [1.165, 1.54) is 4.90 Å². The predicted molar refractivity (Wildman–Crippen MR) is 122 cm³/mol. The Morgan fingerprint density at radius 1 is 1.08 bits per heavy atom. The molecule has 1 amide bonds. The van der Waals surface area contributed by atoms with Crippen molar-refractivity contribution in [3.05, 3.63) is 6.61 Å². The van der Waals surface area contributed by atoms with Gasteiger partial charge in [-0.05, 0) is 77.0 Å². The van der Waals surface area contributed by atoms with Gasteiger partial charge in [-0.2, -0.15) is 0 Å². The van der Waals surface area contributed by atoms with Gasteiger partial charge >= 0.3 is 5.97 Å². The molecule has 0 N–H and O–H groups in total. The van der Waals surface area contributed by atoms with Crippen LogP contribution in [0.1, 0.15) is 59.3 Å². The van der Waals surface area contributed by atoms with E-state index in [2.05, 4.69) is 4.74 Å². The van der Waals surface area contributed by atoms with Crippen LogP contribution in [-0.2, 0) is 38.7 Å². The third-order valence-corrected chi connectivity index (χ3v) is 10.3. The van der Waals surface area contributed by atoms with Gasteiger partial charge in [-0.25, -0.2) is 17.2 Å². The zero-order valence-corrected chi connectivity index (χ0v) is 29.2. The summed E-state index contributed by atoms with van der Waals surface area (Å²) in [5, 5.41) is -4.95. The van der Waals surface area contributed by atoms with E-state index in [4.69, 9.17) is 9.47 Å². The minimum absolute atomic E-state index is 0. The Morgan fingerprint density at radius 2 is 1.62 bits per heavy atom. The van der Waals surface area contributed by atoms with Gasteiger partial charge in [0.05, 0.1) is 29.4 Å². The number of hydrogen-bond donors (Lipinski definition) is 0. The second-order valence-corrected chi connectivity index (χ2v) is 14.6. The van der Waals surface area contributed by atoms with E-state index in [-0.39, 0.29) is 5.97 Å². The topological polar surface area (TPSA) is 139 Å². The Bertz CT molecular complexity index is 1150. The van der Waals surface area contributed by atoms with Crippen molar-refractivity contribution in [3.63, 3.8) is 0 Å². The summed E-state index contributed by atoms with van der Waals surface area (Å²) < 4.78 is 76.3. The fourth-order valence-electron chi connectivity index (χ4n) is 8.68. The molecule has 39 heavy (non-hydrogen) atoms. The molecule has 0 aromatic carbocycles. The second kappa shape index (κ2) is 8.33. The number of nitrogens with zero attached hydrogens (tertiary/aromatic N) is 1. The molecule has 6 atom stereocenters. The van der Waals surface area contributed by atoms with Gasteiger partial charge in [0, 0.05) is 5.54 Å². The fraction of sp³-hybridized carbons (Fsp3) is 0.840. The van der Waals surface area contributed by atoms with Crippen molar-refractivity contribution in [2.45, 2.75) is 94.4 Å². The molecule has 4 aliphatic carbocycles. The van der Waals surface area contributed by atoms with Crippen molar-refractivity contribution in [3.8, 4) is 0 Å². The zero-order chi connectivity index (χ0) is 27.6. The normalized spacial score (nSPS) is 42.1. The molecule has 7 fully saturated rings. The van der Waals surface area contributed by atoms with E-state index in [0.29, 0.717) is 17.8 Å². The van der Waals surface area contributed by atoms with Crippen LogP contribution in [0.2, 0.25) is 0 Å². The van der Waals surface area contributed by atoms with Crippen LogP contribution in [0, 0.1) is 41.6 Å². The summed E-state index contributed by atoms with van der Waals surface area (Å²) in [5.74, 6) is -3.23. The van der Waals surface area contributed by atoms with Gasteiger partial charge in [0.15, 0.2) is 6.10 Å². The van der Waals surface area contributed by atoms with Crippen molar-refractivity contribution in [2.24, 2.45) is 35.0 Å². The van der Waals surface area contributed by atoms with Crippen molar-refractivity contribution in [2.75, 3.05) is 0 Å². The zero-order valence-electron chi connectivity index (χ0n) is 22.0. The molecule has 14 heteroatoms. The predicted octanol–water partition coefficient (Wildman–Crippen LogP) is 1.98.